The van der Waals surface area contributed by atoms with Crippen LogP contribution in [0.3, 0.4) is 0 Å². The third-order valence-corrected chi connectivity index (χ3v) is 6.33. The molecule has 3 N–H and O–H groups in total. The number of aliphatic hydroxyl groups is 1. The molecule has 1 saturated carbocycles. The minimum Gasteiger partial charge on any atom is -0.388 e. The molecule has 4 aromatic rings. The van der Waals surface area contributed by atoms with Gasteiger partial charge in [0, 0.05) is 42.9 Å². The Balaban J connectivity index is 1.47. The predicted octanol–water partition coefficient (Wildman–Crippen LogP) is 1.86. The fraction of sp³-hybridized carbons (Fsp3) is 0.364. The summed E-state index contributed by atoms with van der Waals surface area (Å²) < 4.78 is 36.0. The average molecular weight is 469 g/mol. The van der Waals surface area contributed by atoms with Gasteiger partial charge in [-0.2, -0.15) is 9.61 Å². The molecule has 10 nitrogen and oxygen atoms in total. The van der Waals surface area contributed by atoms with Gasteiger partial charge >= 0.3 is 0 Å². The van der Waals surface area contributed by atoms with Gasteiger partial charge in [0.1, 0.15) is 23.1 Å². The van der Waals surface area contributed by atoms with Crippen molar-refractivity contribution in [2.45, 2.75) is 30.5 Å². The first-order valence-electron chi connectivity index (χ1n) is 10.8. The van der Waals surface area contributed by atoms with Crippen LogP contribution in [-0.4, -0.2) is 73.5 Å². The maximum absolute atomic E-state index is 13.9. The summed E-state index contributed by atoms with van der Waals surface area (Å²) in [5, 5.41) is 20.7. The van der Waals surface area contributed by atoms with Crippen molar-refractivity contribution in [1.29, 1.82) is 0 Å². The van der Waals surface area contributed by atoms with Gasteiger partial charge in [0.15, 0.2) is 5.65 Å². The van der Waals surface area contributed by atoms with Crippen LogP contribution in [0.25, 0.3) is 27.9 Å². The van der Waals surface area contributed by atoms with Crippen LogP contribution in [0.15, 0.2) is 36.8 Å². The molecule has 0 radical (unpaired) electrons. The van der Waals surface area contributed by atoms with Gasteiger partial charge in [0.2, 0.25) is 0 Å². The van der Waals surface area contributed by atoms with E-state index >= 15 is 0 Å². The zero-order valence-corrected chi connectivity index (χ0v) is 18.1. The Hall–Kier alpha value is -3.64. The number of hydrogen-bond acceptors (Lipinski definition) is 7. The van der Waals surface area contributed by atoms with Crippen LogP contribution >= 0.6 is 0 Å². The third-order valence-electron chi connectivity index (χ3n) is 6.33. The number of nitrogens with zero attached hydrogens (tertiary/aromatic N) is 5. The molecule has 34 heavy (non-hydrogen) atoms. The molecule has 0 bridgehead atoms. The predicted molar refractivity (Wildman–Crippen MR) is 118 cm³/mol. The van der Waals surface area contributed by atoms with Gasteiger partial charge in [-0.3, -0.25) is 4.79 Å². The number of anilines is 1. The number of halogens is 2. The van der Waals surface area contributed by atoms with Crippen molar-refractivity contribution in [2.24, 2.45) is 0 Å². The van der Waals surface area contributed by atoms with E-state index in [4.69, 9.17) is 4.74 Å². The highest BCUT2D eigenvalue weighted by atomic mass is 19.3. The molecule has 0 aromatic carbocycles. The molecule has 176 valence electrons. The zero-order chi connectivity index (χ0) is 23.6. The Labute approximate surface area is 191 Å². The van der Waals surface area contributed by atoms with E-state index in [9.17, 15) is 18.7 Å². The van der Waals surface area contributed by atoms with Gasteiger partial charge in [0.05, 0.1) is 37.3 Å². The molecule has 12 heteroatoms. The molecule has 6 rings (SSSR count). The summed E-state index contributed by atoms with van der Waals surface area (Å²) >= 11 is 0. The zero-order valence-electron chi connectivity index (χ0n) is 18.1. The van der Waals surface area contributed by atoms with E-state index in [1.807, 2.05) is 6.07 Å². The first-order valence-corrected chi connectivity index (χ1v) is 10.8. The molecule has 1 saturated heterocycles. The number of rotatable bonds is 5. The number of ether oxygens (including phenoxy) is 1. The Morgan fingerprint density at radius 2 is 2.15 bits per heavy atom. The molecule has 1 amide bonds. The van der Waals surface area contributed by atoms with Gasteiger partial charge in [-0.25, -0.2) is 18.7 Å². The lowest BCUT2D eigenvalue weighted by Gasteiger charge is -2.14. The Morgan fingerprint density at radius 1 is 1.32 bits per heavy atom. The number of fused-ring (bicyclic) bond motifs is 2. The number of amides is 1. The maximum atomic E-state index is 13.9. The fourth-order valence-corrected chi connectivity index (χ4v) is 4.39. The van der Waals surface area contributed by atoms with Gasteiger partial charge in [-0.15, -0.1) is 0 Å². The van der Waals surface area contributed by atoms with Gasteiger partial charge in [-0.1, -0.05) is 0 Å². The van der Waals surface area contributed by atoms with Crippen LogP contribution in [0.4, 0.5) is 14.6 Å². The number of aromatic nitrogens is 5. The van der Waals surface area contributed by atoms with E-state index in [1.54, 1.807) is 31.6 Å². The molecule has 4 aromatic heterocycles. The van der Waals surface area contributed by atoms with Crippen LogP contribution in [0.2, 0.25) is 0 Å². The summed E-state index contributed by atoms with van der Waals surface area (Å²) in [6.45, 7) is 0.370. The van der Waals surface area contributed by atoms with E-state index in [0.29, 0.717) is 28.1 Å². The van der Waals surface area contributed by atoms with Gasteiger partial charge in [0.25, 0.3) is 11.8 Å². The van der Waals surface area contributed by atoms with E-state index < -0.39 is 30.0 Å². The second kappa shape index (κ2) is 7.43. The molecule has 1 unspecified atom stereocenters. The van der Waals surface area contributed by atoms with Crippen molar-refractivity contribution in [3.05, 3.63) is 42.4 Å². The van der Waals surface area contributed by atoms with Crippen molar-refractivity contribution in [2.75, 3.05) is 25.6 Å². The molecule has 1 aliphatic heterocycles. The minimum absolute atomic E-state index is 0.157. The molecule has 3 atom stereocenters. The first kappa shape index (κ1) is 20.9. The number of alkyl halides is 2. The number of pyridine rings is 1. The summed E-state index contributed by atoms with van der Waals surface area (Å²) in [4.78, 5) is 22.0. The van der Waals surface area contributed by atoms with Crippen LogP contribution in [-0.2, 0) is 4.74 Å². The van der Waals surface area contributed by atoms with Crippen molar-refractivity contribution >= 4 is 28.4 Å². The van der Waals surface area contributed by atoms with Crippen LogP contribution in [0.5, 0.6) is 0 Å². The highest BCUT2D eigenvalue weighted by Crippen LogP contribution is 2.54. The van der Waals surface area contributed by atoms with Crippen LogP contribution < -0.4 is 10.6 Å². The minimum atomic E-state index is -2.76. The largest absolute Gasteiger partial charge is 0.388 e. The van der Waals surface area contributed by atoms with Crippen molar-refractivity contribution < 1.29 is 23.4 Å². The Kier molecular flexibility index (Phi) is 4.58. The first-order chi connectivity index (χ1) is 16.4. The second-order valence-corrected chi connectivity index (χ2v) is 8.56. The molecule has 2 aliphatic rings. The SMILES string of the molecule is CNc1cc(-c2cn([C@@H]3CC3(F)F)c3ncccc23)nc2c(C(=O)NC3COC[C@@H]3O)cnn12. The number of aliphatic hydroxyl groups excluding tert-OH is 1. The van der Waals surface area contributed by atoms with Crippen LogP contribution in [0.1, 0.15) is 22.8 Å². The smallest absolute Gasteiger partial charge is 0.270 e. The number of nitrogens with one attached hydrogen (secondary N) is 2. The topological polar surface area (TPSA) is 119 Å². The highest BCUT2D eigenvalue weighted by molar-refractivity contribution is 6.01. The van der Waals surface area contributed by atoms with E-state index in [-0.39, 0.29) is 30.8 Å². The average Bonchev–Trinajstić information content (AvgIpc) is 3.22. The highest BCUT2D eigenvalue weighted by Gasteiger charge is 2.58. The second-order valence-electron chi connectivity index (χ2n) is 8.56. The molecule has 5 heterocycles. The Bertz CT molecular complexity index is 1430. The number of carbonyl (C=O) groups excluding carboxylic acids is 1. The monoisotopic (exact) mass is 469 g/mol. The lowest BCUT2D eigenvalue weighted by Crippen LogP contribution is -2.42. The summed E-state index contributed by atoms with van der Waals surface area (Å²) in [6, 6.07) is 3.82. The number of carbonyl (C=O) groups is 1. The van der Waals surface area contributed by atoms with E-state index in [1.165, 1.54) is 15.3 Å². The lowest BCUT2D eigenvalue weighted by atomic mass is 10.1. The fourth-order valence-electron chi connectivity index (χ4n) is 4.39. The van der Waals surface area contributed by atoms with Gasteiger partial charge < -0.3 is 25.0 Å². The quantitative estimate of drug-likeness (QED) is 0.408. The van der Waals surface area contributed by atoms with Crippen molar-refractivity contribution in [3.8, 4) is 11.3 Å². The van der Waals surface area contributed by atoms with Gasteiger partial charge in [-0.05, 0) is 12.1 Å². The summed E-state index contributed by atoms with van der Waals surface area (Å²) in [5.41, 5.74) is 2.06. The van der Waals surface area contributed by atoms with Crippen LogP contribution in [0, 0.1) is 0 Å². The van der Waals surface area contributed by atoms with E-state index in [0.717, 1.165) is 0 Å². The molecule has 0 spiro atoms. The summed E-state index contributed by atoms with van der Waals surface area (Å²) in [7, 11) is 1.71. The summed E-state index contributed by atoms with van der Waals surface area (Å²) in [5.74, 6) is -2.65. The van der Waals surface area contributed by atoms with Crippen molar-refractivity contribution in [3.63, 3.8) is 0 Å². The lowest BCUT2D eigenvalue weighted by molar-refractivity contribution is 0.0887. The summed E-state index contributed by atoms with van der Waals surface area (Å²) in [6.07, 6.45) is 3.59. The number of hydrogen-bond donors (Lipinski definition) is 3. The van der Waals surface area contributed by atoms with Crippen molar-refractivity contribution in [1.82, 2.24) is 29.5 Å². The maximum Gasteiger partial charge on any atom is 0.270 e. The molecular weight excluding hydrogens is 448 g/mol. The molecular formula is C22H21F2N7O3. The standard InChI is InChI=1S/C22H21F2N7O3/c1-25-18-5-14(13-8-30(17-6-22(17,23)24)19-11(13)3-2-4-26-19)28-20-12(7-27-31(18)20)21(33)29-15-9-34-10-16(15)32/h2-5,7-8,15-17,25,32H,6,9-10H2,1H3,(H,29,33)/t15?,16-,17+/m0/s1. The molecule has 2 fully saturated rings. The normalized spacial score (nSPS) is 23.5. The van der Waals surface area contributed by atoms with E-state index in [2.05, 4.69) is 25.7 Å². The molecule has 1 aliphatic carbocycles. The third kappa shape index (κ3) is 3.21. The Morgan fingerprint density at radius 3 is 2.85 bits per heavy atom.